The minimum atomic E-state index is 0. The number of rotatable bonds is 4. The van der Waals surface area contributed by atoms with Gasteiger partial charge in [0, 0.05) is 12.1 Å². The molecule has 3 nitrogen and oxygen atoms in total. The predicted octanol–water partition coefficient (Wildman–Crippen LogP) is 3.44. The van der Waals surface area contributed by atoms with Gasteiger partial charge in [-0.05, 0) is 16.7 Å². The van der Waals surface area contributed by atoms with Gasteiger partial charge in [-0.2, -0.15) is 0 Å². The van der Waals surface area contributed by atoms with Crippen LogP contribution in [-0.4, -0.2) is 5.84 Å². The fraction of sp³-hybridized carbons (Fsp3) is 0.0625. The Bertz CT molecular complexity index is 590. The predicted molar refractivity (Wildman–Crippen MR) is 95.2 cm³/mol. The fourth-order valence-electron chi connectivity index (χ4n) is 1.73. The van der Waals surface area contributed by atoms with E-state index in [4.69, 9.17) is 16.9 Å². The summed E-state index contributed by atoms with van der Waals surface area (Å²) < 4.78 is 0. The van der Waals surface area contributed by atoms with E-state index in [-0.39, 0.29) is 30.6 Å². The number of nitrogens with one attached hydrogen (secondary N) is 1. The van der Waals surface area contributed by atoms with Crippen molar-refractivity contribution in [3.8, 4) is 0 Å². The third kappa shape index (κ3) is 5.60. The number of benzene rings is 2. The third-order valence-electron chi connectivity index (χ3n) is 2.91. The molecule has 0 aliphatic rings. The normalized spacial score (nSPS) is 9.76. The van der Waals surface area contributed by atoms with Crippen LogP contribution < -0.4 is 11.5 Å². The van der Waals surface area contributed by atoms with Crippen molar-refractivity contribution in [1.29, 1.82) is 5.41 Å². The first kappa shape index (κ1) is 19.2. The zero-order valence-corrected chi connectivity index (χ0v) is 13.1. The molecular weight excluding hydrogens is 305 g/mol. The summed E-state index contributed by atoms with van der Waals surface area (Å²) in [6.07, 6.45) is 4.07. The number of hydrogen-bond acceptors (Lipinski definition) is 2. The van der Waals surface area contributed by atoms with E-state index in [2.05, 4.69) is 0 Å². The standard InChI is InChI=1S/C16H17N3.2ClH/c17-11-14-5-3-12(4-6-14)1-2-13-7-9-15(10-8-13)16(18)19;;/h1-10H,11,17H2,(H3,18,19);2*1H. The van der Waals surface area contributed by atoms with Crippen molar-refractivity contribution in [2.24, 2.45) is 11.5 Å². The first-order valence-electron chi connectivity index (χ1n) is 6.10. The lowest BCUT2D eigenvalue weighted by molar-refractivity contribution is 1.07. The Kier molecular flexibility index (Phi) is 8.39. The molecular formula is C16H19Cl2N3. The second kappa shape index (κ2) is 9.19. The third-order valence-corrected chi connectivity index (χ3v) is 2.91. The molecule has 0 saturated carbocycles. The molecule has 5 heteroatoms. The monoisotopic (exact) mass is 323 g/mol. The molecule has 2 aromatic carbocycles. The summed E-state index contributed by atoms with van der Waals surface area (Å²) in [5.74, 6) is 0.0907. The molecule has 0 aliphatic carbocycles. The minimum Gasteiger partial charge on any atom is -0.384 e. The number of halogens is 2. The maximum absolute atomic E-state index is 7.33. The average molecular weight is 324 g/mol. The number of hydrogen-bond donors (Lipinski definition) is 3. The Morgan fingerprint density at radius 3 is 1.67 bits per heavy atom. The van der Waals surface area contributed by atoms with E-state index >= 15 is 0 Å². The lowest BCUT2D eigenvalue weighted by atomic mass is 10.1. The molecule has 0 unspecified atom stereocenters. The van der Waals surface area contributed by atoms with E-state index in [9.17, 15) is 0 Å². The molecule has 0 fully saturated rings. The van der Waals surface area contributed by atoms with Crippen LogP contribution in [-0.2, 0) is 6.54 Å². The topological polar surface area (TPSA) is 75.9 Å². The van der Waals surface area contributed by atoms with Gasteiger partial charge in [0.25, 0.3) is 0 Å². The maximum Gasteiger partial charge on any atom is 0.122 e. The molecule has 0 bridgehead atoms. The van der Waals surface area contributed by atoms with E-state index < -0.39 is 0 Å². The fourth-order valence-corrected chi connectivity index (χ4v) is 1.73. The van der Waals surface area contributed by atoms with Gasteiger partial charge in [0.05, 0.1) is 0 Å². The first-order chi connectivity index (χ1) is 9.19. The van der Waals surface area contributed by atoms with Crippen molar-refractivity contribution in [1.82, 2.24) is 0 Å². The van der Waals surface area contributed by atoms with Crippen LogP contribution in [0.15, 0.2) is 48.5 Å². The molecule has 0 aliphatic heterocycles. The quantitative estimate of drug-likeness (QED) is 0.458. The minimum absolute atomic E-state index is 0. The zero-order valence-electron chi connectivity index (χ0n) is 11.5. The highest BCUT2D eigenvalue weighted by molar-refractivity contribution is 5.95. The molecule has 2 aromatic rings. The van der Waals surface area contributed by atoms with Crippen molar-refractivity contribution in [3.05, 3.63) is 70.8 Å². The van der Waals surface area contributed by atoms with Crippen molar-refractivity contribution in [2.75, 3.05) is 0 Å². The van der Waals surface area contributed by atoms with Gasteiger partial charge in [-0.15, -0.1) is 24.8 Å². The highest BCUT2D eigenvalue weighted by atomic mass is 35.5. The van der Waals surface area contributed by atoms with Gasteiger partial charge in [-0.1, -0.05) is 60.7 Å². The van der Waals surface area contributed by atoms with E-state index in [0.717, 1.165) is 22.3 Å². The van der Waals surface area contributed by atoms with E-state index in [0.29, 0.717) is 6.54 Å². The number of amidine groups is 1. The van der Waals surface area contributed by atoms with Gasteiger partial charge < -0.3 is 11.5 Å². The summed E-state index contributed by atoms with van der Waals surface area (Å²) in [6, 6.07) is 15.7. The van der Waals surface area contributed by atoms with Crippen molar-refractivity contribution in [3.63, 3.8) is 0 Å². The van der Waals surface area contributed by atoms with Gasteiger partial charge in [0.15, 0.2) is 0 Å². The molecule has 0 amide bonds. The van der Waals surface area contributed by atoms with Gasteiger partial charge in [-0.25, -0.2) is 0 Å². The lowest BCUT2D eigenvalue weighted by Crippen LogP contribution is -2.10. The summed E-state index contributed by atoms with van der Waals surface area (Å²) in [7, 11) is 0. The van der Waals surface area contributed by atoms with E-state index in [1.807, 2.05) is 60.7 Å². The van der Waals surface area contributed by atoms with Crippen LogP contribution in [0.4, 0.5) is 0 Å². The largest absolute Gasteiger partial charge is 0.384 e. The Morgan fingerprint density at radius 2 is 1.29 bits per heavy atom. The van der Waals surface area contributed by atoms with Gasteiger partial charge in [0.1, 0.15) is 5.84 Å². The van der Waals surface area contributed by atoms with Crippen LogP contribution >= 0.6 is 24.8 Å². The van der Waals surface area contributed by atoms with Crippen LogP contribution in [0.25, 0.3) is 12.2 Å². The number of nitrogens with two attached hydrogens (primary N) is 2. The van der Waals surface area contributed by atoms with Gasteiger partial charge in [-0.3, -0.25) is 5.41 Å². The van der Waals surface area contributed by atoms with Gasteiger partial charge >= 0.3 is 0 Å². The summed E-state index contributed by atoms with van der Waals surface area (Å²) in [6.45, 7) is 0.566. The average Bonchev–Trinajstić information content (AvgIpc) is 2.46. The Balaban J connectivity index is 0.00000200. The molecule has 0 atom stereocenters. The summed E-state index contributed by atoms with van der Waals surface area (Å²) in [4.78, 5) is 0. The highest BCUT2D eigenvalue weighted by Gasteiger charge is 1.95. The molecule has 2 rings (SSSR count). The van der Waals surface area contributed by atoms with Crippen molar-refractivity contribution in [2.45, 2.75) is 6.54 Å². The lowest BCUT2D eigenvalue weighted by Gasteiger charge is -1.99. The van der Waals surface area contributed by atoms with E-state index in [1.54, 1.807) is 0 Å². The first-order valence-corrected chi connectivity index (χ1v) is 6.10. The molecule has 0 saturated heterocycles. The molecule has 0 heterocycles. The Hall–Kier alpha value is -1.81. The van der Waals surface area contributed by atoms with Gasteiger partial charge in [0.2, 0.25) is 0 Å². The molecule has 112 valence electrons. The Labute approximate surface area is 137 Å². The second-order valence-corrected chi connectivity index (χ2v) is 4.31. The summed E-state index contributed by atoms with van der Waals surface area (Å²) >= 11 is 0. The van der Waals surface area contributed by atoms with Crippen LogP contribution in [0.5, 0.6) is 0 Å². The van der Waals surface area contributed by atoms with Crippen LogP contribution in [0.1, 0.15) is 22.3 Å². The molecule has 21 heavy (non-hydrogen) atoms. The smallest absolute Gasteiger partial charge is 0.122 e. The molecule has 0 aromatic heterocycles. The maximum atomic E-state index is 7.33. The highest BCUT2D eigenvalue weighted by Crippen LogP contribution is 2.10. The molecule has 0 radical (unpaired) electrons. The zero-order chi connectivity index (χ0) is 13.7. The summed E-state index contributed by atoms with van der Waals surface area (Å²) in [5, 5.41) is 7.33. The molecule has 0 spiro atoms. The second-order valence-electron chi connectivity index (χ2n) is 4.31. The van der Waals surface area contributed by atoms with Crippen LogP contribution in [0, 0.1) is 5.41 Å². The summed E-state index contributed by atoms with van der Waals surface area (Å²) in [5.41, 5.74) is 15.0. The SMILES string of the molecule is Cl.Cl.N=C(N)c1ccc(C=Cc2ccc(CN)cc2)cc1. The molecule has 5 N–H and O–H groups in total. The van der Waals surface area contributed by atoms with Crippen molar-refractivity contribution >= 4 is 42.8 Å². The Morgan fingerprint density at radius 1 is 0.857 bits per heavy atom. The van der Waals surface area contributed by atoms with Crippen molar-refractivity contribution < 1.29 is 0 Å². The van der Waals surface area contributed by atoms with E-state index in [1.165, 1.54) is 0 Å². The number of nitrogen functional groups attached to an aromatic ring is 1. The van der Waals surface area contributed by atoms with Crippen LogP contribution in [0.3, 0.4) is 0 Å². The van der Waals surface area contributed by atoms with Crippen LogP contribution in [0.2, 0.25) is 0 Å².